The number of anilines is 3. The van der Waals surface area contributed by atoms with E-state index in [2.05, 4.69) is 14.9 Å². The summed E-state index contributed by atoms with van der Waals surface area (Å²) in [5.74, 6) is 0.762. The van der Waals surface area contributed by atoms with Gasteiger partial charge in [0, 0.05) is 53.4 Å². The molecule has 2 N–H and O–H groups in total. The first-order valence-corrected chi connectivity index (χ1v) is 14.4. The number of rotatable bonds is 6. The van der Waals surface area contributed by atoms with E-state index in [1.807, 2.05) is 49.3 Å². The van der Waals surface area contributed by atoms with Gasteiger partial charge in [0.1, 0.15) is 31.3 Å². The van der Waals surface area contributed by atoms with Crippen molar-refractivity contribution >= 4 is 66.0 Å². The predicted molar refractivity (Wildman–Crippen MR) is 169 cm³/mol. The van der Waals surface area contributed by atoms with Crippen LogP contribution < -0.4 is 15.5 Å². The molecular weight excluding hydrogens is 605 g/mol. The molecule has 0 unspecified atom stereocenters. The summed E-state index contributed by atoms with van der Waals surface area (Å²) in [6.07, 6.45) is 8.56. The van der Waals surface area contributed by atoms with Crippen LogP contribution in [-0.2, 0) is 31.1 Å². The third kappa shape index (κ3) is 6.20. The molecule has 0 saturated carbocycles. The van der Waals surface area contributed by atoms with Gasteiger partial charge >= 0.3 is 0 Å². The number of aromatic nitrogens is 4. The van der Waals surface area contributed by atoms with E-state index in [1.54, 1.807) is 41.7 Å². The van der Waals surface area contributed by atoms with E-state index < -0.39 is 5.54 Å². The molecule has 2 aromatic carbocycles. The van der Waals surface area contributed by atoms with E-state index in [4.69, 9.17) is 43.5 Å². The molecule has 1 fully saturated rings. The van der Waals surface area contributed by atoms with Gasteiger partial charge in [-0.15, -0.1) is 0 Å². The molecule has 2 aliphatic rings. The minimum atomic E-state index is -0.992. The Morgan fingerprint density at radius 2 is 1.55 bits per heavy atom. The van der Waals surface area contributed by atoms with Crippen LogP contribution in [0.2, 0.25) is 10.0 Å². The highest BCUT2D eigenvalue weighted by Crippen LogP contribution is 2.46. The average Bonchev–Trinajstić information content (AvgIpc) is 3.57. The molecule has 44 heavy (non-hydrogen) atoms. The molecule has 2 amide bonds. The van der Waals surface area contributed by atoms with Crippen LogP contribution in [0.5, 0.6) is 0 Å². The maximum absolute atomic E-state index is 14.3. The second kappa shape index (κ2) is 13.8. The minimum Gasteiger partial charge on any atom is -0.369 e. The van der Waals surface area contributed by atoms with Crippen molar-refractivity contribution < 1.29 is 19.2 Å². The number of hydrogen-bond acceptors (Lipinski definition) is 8. The Kier molecular flexibility index (Phi) is 10.1. The first-order chi connectivity index (χ1) is 21.2. The van der Waals surface area contributed by atoms with Crippen LogP contribution in [-0.4, -0.2) is 58.0 Å². The number of piperidine rings is 1. The number of hydrogen-bond donors (Lipinski definition) is 1. The molecule has 11 nitrogen and oxygen atoms in total. The Balaban J connectivity index is 0.00000106. The molecule has 13 heteroatoms. The number of nitrogens with two attached hydrogens (primary N) is 1. The first kappa shape index (κ1) is 32.3. The SMILES string of the molecule is C=O.C=O.C[C@@]1(Cc2ccc(-c3cncnc3)cc2)C(=O)N(c2cc(Cl)cc(Cl)c2)c2ncc(N3CCC(C(N)=O)CC3)n21. The molecular formula is C31H31Cl2N7O4. The Morgan fingerprint density at radius 3 is 2.11 bits per heavy atom. The van der Waals surface area contributed by atoms with Gasteiger partial charge in [0.2, 0.25) is 11.9 Å². The van der Waals surface area contributed by atoms with Crippen LogP contribution in [0.1, 0.15) is 25.3 Å². The quantitative estimate of drug-likeness (QED) is 0.323. The van der Waals surface area contributed by atoms with Crippen molar-refractivity contribution in [2.24, 2.45) is 11.7 Å². The maximum atomic E-state index is 14.3. The Hall–Kier alpha value is -4.61. The van der Waals surface area contributed by atoms with Crippen LogP contribution >= 0.6 is 23.2 Å². The highest BCUT2D eigenvalue weighted by Gasteiger charge is 2.51. The molecule has 4 heterocycles. The third-order valence-electron chi connectivity index (χ3n) is 7.80. The molecule has 2 aliphatic heterocycles. The fourth-order valence-electron chi connectivity index (χ4n) is 5.72. The maximum Gasteiger partial charge on any atom is 0.260 e. The van der Waals surface area contributed by atoms with Gasteiger partial charge in [-0.25, -0.2) is 19.9 Å². The van der Waals surface area contributed by atoms with Gasteiger partial charge in [0.15, 0.2) is 0 Å². The third-order valence-corrected chi connectivity index (χ3v) is 8.24. The molecule has 0 aliphatic carbocycles. The topological polar surface area (TPSA) is 144 Å². The fraction of sp³-hybridized carbons (Fsp3) is 0.258. The fourth-order valence-corrected chi connectivity index (χ4v) is 6.24. The van der Waals surface area contributed by atoms with Crippen molar-refractivity contribution in [1.82, 2.24) is 19.5 Å². The number of halogens is 2. The molecule has 1 saturated heterocycles. The van der Waals surface area contributed by atoms with E-state index in [9.17, 15) is 9.59 Å². The lowest BCUT2D eigenvalue weighted by molar-refractivity contribution is -0.124. The molecule has 1 atom stereocenters. The second-order valence-corrected chi connectivity index (χ2v) is 11.3. The standard InChI is InChI=1S/C29H27Cl2N7O2.2CH2O/c1-29(13-18-2-4-19(5-3-18)21-14-33-17-34-15-21)27(40)37(24-11-22(30)10-23(31)12-24)28-35-16-25(38(28)29)36-8-6-20(7-9-36)26(32)39;2*1-2/h2-5,10-12,14-17,20H,6-9,13H2,1H3,(H2,32,39);2*1H2/t29-;;/m1../s1. The monoisotopic (exact) mass is 635 g/mol. The Bertz CT molecular complexity index is 1600. The number of primary amides is 1. The van der Waals surface area contributed by atoms with Gasteiger partial charge in [-0.1, -0.05) is 47.5 Å². The summed E-state index contributed by atoms with van der Waals surface area (Å²) in [7, 11) is 0. The predicted octanol–water partition coefficient (Wildman–Crippen LogP) is 4.62. The average molecular weight is 637 g/mol. The lowest BCUT2D eigenvalue weighted by Gasteiger charge is -2.35. The zero-order valence-electron chi connectivity index (χ0n) is 24.0. The summed E-state index contributed by atoms with van der Waals surface area (Å²) < 4.78 is 2.01. The van der Waals surface area contributed by atoms with Crippen LogP contribution in [0.15, 0.2) is 67.4 Å². The Morgan fingerprint density at radius 1 is 0.955 bits per heavy atom. The smallest absolute Gasteiger partial charge is 0.260 e. The number of carbonyl (C=O) groups excluding carboxylic acids is 4. The van der Waals surface area contributed by atoms with Crippen LogP contribution in [0.3, 0.4) is 0 Å². The highest BCUT2D eigenvalue weighted by molar-refractivity contribution is 6.35. The second-order valence-electron chi connectivity index (χ2n) is 10.5. The van der Waals surface area contributed by atoms with Gasteiger partial charge in [0.05, 0.1) is 11.9 Å². The van der Waals surface area contributed by atoms with Gasteiger partial charge in [0.25, 0.3) is 5.91 Å². The lowest BCUT2D eigenvalue weighted by atomic mass is 9.91. The number of benzene rings is 2. The van der Waals surface area contributed by atoms with Crippen molar-refractivity contribution in [3.8, 4) is 11.1 Å². The molecule has 0 spiro atoms. The zero-order chi connectivity index (χ0) is 32.0. The molecule has 6 rings (SSSR count). The van der Waals surface area contributed by atoms with Gasteiger partial charge < -0.3 is 20.2 Å². The number of amides is 2. The van der Waals surface area contributed by atoms with E-state index in [-0.39, 0.29) is 17.7 Å². The number of imidazole rings is 1. The molecule has 2 aromatic heterocycles. The van der Waals surface area contributed by atoms with Crippen molar-refractivity contribution in [1.29, 1.82) is 0 Å². The van der Waals surface area contributed by atoms with Crippen LogP contribution in [0.25, 0.3) is 11.1 Å². The van der Waals surface area contributed by atoms with Crippen LogP contribution in [0, 0.1) is 5.92 Å². The van der Waals surface area contributed by atoms with Gasteiger partial charge in [-0.2, -0.15) is 0 Å². The summed E-state index contributed by atoms with van der Waals surface area (Å²) >= 11 is 12.7. The summed E-state index contributed by atoms with van der Waals surface area (Å²) in [6, 6.07) is 13.1. The molecule has 0 bridgehead atoms. The number of fused-ring (bicyclic) bond motifs is 1. The minimum absolute atomic E-state index is 0.136. The normalized spacial score (nSPS) is 17.7. The largest absolute Gasteiger partial charge is 0.369 e. The van der Waals surface area contributed by atoms with Gasteiger partial charge in [-0.05, 0) is 49.1 Å². The van der Waals surface area contributed by atoms with Crippen molar-refractivity contribution in [2.75, 3.05) is 22.9 Å². The first-order valence-electron chi connectivity index (χ1n) is 13.6. The summed E-state index contributed by atoms with van der Waals surface area (Å²) in [5.41, 5.74) is 8.02. The lowest BCUT2D eigenvalue weighted by Crippen LogP contribution is -2.44. The van der Waals surface area contributed by atoms with E-state index in [0.717, 1.165) is 22.5 Å². The zero-order valence-corrected chi connectivity index (χ0v) is 25.5. The summed E-state index contributed by atoms with van der Waals surface area (Å²) in [6.45, 7) is 7.21. The van der Waals surface area contributed by atoms with E-state index >= 15 is 0 Å². The van der Waals surface area contributed by atoms with Gasteiger partial charge in [-0.3, -0.25) is 14.2 Å². The molecule has 4 aromatic rings. The van der Waals surface area contributed by atoms with Crippen molar-refractivity contribution in [3.05, 3.63) is 83.0 Å². The van der Waals surface area contributed by atoms with E-state index in [1.165, 1.54) is 6.33 Å². The van der Waals surface area contributed by atoms with Crippen LogP contribution in [0.4, 0.5) is 17.5 Å². The van der Waals surface area contributed by atoms with Crippen molar-refractivity contribution in [2.45, 2.75) is 31.7 Å². The molecule has 0 radical (unpaired) electrons. The summed E-state index contributed by atoms with van der Waals surface area (Å²) in [5, 5.41) is 0.854. The Labute approximate surface area is 264 Å². The number of carbonyl (C=O) groups is 4. The summed E-state index contributed by atoms with van der Waals surface area (Å²) in [4.78, 5) is 58.8. The molecule has 228 valence electrons. The highest BCUT2D eigenvalue weighted by atomic mass is 35.5. The van der Waals surface area contributed by atoms with E-state index in [0.29, 0.717) is 54.0 Å². The number of nitrogens with zero attached hydrogens (tertiary/aromatic N) is 6. The van der Waals surface area contributed by atoms with Crippen molar-refractivity contribution in [3.63, 3.8) is 0 Å².